The van der Waals surface area contributed by atoms with Crippen LogP contribution >= 0.6 is 0 Å². The van der Waals surface area contributed by atoms with Crippen LogP contribution in [0.15, 0.2) is 53.8 Å². The van der Waals surface area contributed by atoms with Crippen LogP contribution in [-0.4, -0.2) is 48.0 Å². The number of amides is 2. The van der Waals surface area contributed by atoms with Gasteiger partial charge in [-0.15, -0.1) is 0 Å². The number of hydrogen-bond acceptors (Lipinski definition) is 4. The molecular weight excluding hydrogens is 390 g/mol. The zero-order valence-corrected chi connectivity index (χ0v) is 18.9. The van der Waals surface area contributed by atoms with Gasteiger partial charge in [0.25, 0.3) is 5.91 Å². The third-order valence-corrected chi connectivity index (χ3v) is 5.96. The molecule has 3 rings (SSSR count). The van der Waals surface area contributed by atoms with Crippen molar-refractivity contribution >= 4 is 11.8 Å². The van der Waals surface area contributed by atoms with E-state index >= 15 is 0 Å². The first-order valence-electron chi connectivity index (χ1n) is 11.4. The summed E-state index contributed by atoms with van der Waals surface area (Å²) < 4.78 is 6.05. The largest absolute Gasteiger partial charge is 0.488 e. The summed E-state index contributed by atoms with van der Waals surface area (Å²) in [4.78, 5) is 28.4. The molecule has 0 saturated carbocycles. The van der Waals surface area contributed by atoms with Crippen molar-refractivity contribution in [3.8, 4) is 0 Å². The number of rotatable bonds is 7. The summed E-state index contributed by atoms with van der Waals surface area (Å²) >= 11 is 0. The highest BCUT2D eigenvalue weighted by Gasteiger charge is 2.38. The molecule has 2 amide bonds. The van der Waals surface area contributed by atoms with Crippen molar-refractivity contribution in [3.05, 3.63) is 59.4 Å². The zero-order valence-electron chi connectivity index (χ0n) is 18.9. The maximum Gasteiger partial charge on any atom is 0.261 e. The summed E-state index contributed by atoms with van der Waals surface area (Å²) in [6.45, 7) is 7.29. The van der Waals surface area contributed by atoms with Crippen LogP contribution in [-0.2, 0) is 20.9 Å². The fourth-order valence-corrected chi connectivity index (χ4v) is 4.13. The van der Waals surface area contributed by atoms with E-state index in [9.17, 15) is 9.59 Å². The first-order chi connectivity index (χ1) is 15.0. The quantitative estimate of drug-likeness (QED) is 0.658. The smallest absolute Gasteiger partial charge is 0.261 e. The highest BCUT2D eigenvalue weighted by molar-refractivity contribution is 5.91. The molecule has 31 heavy (non-hydrogen) atoms. The summed E-state index contributed by atoms with van der Waals surface area (Å²) in [5.74, 6) is 0.498. The first-order valence-corrected chi connectivity index (χ1v) is 11.4. The van der Waals surface area contributed by atoms with Gasteiger partial charge in [0, 0.05) is 25.0 Å². The van der Waals surface area contributed by atoms with Crippen molar-refractivity contribution in [1.82, 2.24) is 15.5 Å². The second-order valence-corrected chi connectivity index (χ2v) is 8.30. The van der Waals surface area contributed by atoms with E-state index in [1.807, 2.05) is 44.2 Å². The van der Waals surface area contributed by atoms with Gasteiger partial charge in [0.1, 0.15) is 11.8 Å². The van der Waals surface area contributed by atoms with Gasteiger partial charge in [0.15, 0.2) is 6.61 Å². The molecular formula is C25H35N3O3. The minimum absolute atomic E-state index is 0.0392. The minimum atomic E-state index is -0.659. The number of benzene rings is 1. The van der Waals surface area contributed by atoms with Gasteiger partial charge in [0.2, 0.25) is 5.91 Å². The number of ether oxygens (including phenoxy) is 1. The molecule has 3 atom stereocenters. The summed E-state index contributed by atoms with van der Waals surface area (Å²) in [5, 5.41) is 6.57. The van der Waals surface area contributed by atoms with E-state index in [0.717, 1.165) is 36.3 Å². The lowest BCUT2D eigenvalue weighted by Gasteiger charge is -2.32. The van der Waals surface area contributed by atoms with Crippen molar-refractivity contribution < 1.29 is 14.3 Å². The molecule has 1 aromatic carbocycles. The van der Waals surface area contributed by atoms with Crippen LogP contribution in [0.1, 0.15) is 52.0 Å². The normalized spacial score (nSPS) is 23.7. The molecule has 0 aromatic heterocycles. The van der Waals surface area contributed by atoms with Gasteiger partial charge in [-0.25, -0.2) is 0 Å². The molecule has 1 aliphatic heterocycles. The van der Waals surface area contributed by atoms with Crippen LogP contribution < -0.4 is 10.6 Å². The maximum absolute atomic E-state index is 13.5. The van der Waals surface area contributed by atoms with Gasteiger partial charge in [0.05, 0.1) is 0 Å². The zero-order chi connectivity index (χ0) is 22.2. The number of carbonyl (C=O) groups excluding carboxylic acids is 2. The van der Waals surface area contributed by atoms with Crippen molar-refractivity contribution in [1.29, 1.82) is 0 Å². The number of hydrogen-bond donors (Lipinski definition) is 2. The number of likely N-dealkylation sites (N-methyl/N-ethyl adjacent to an activating group) is 1. The highest BCUT2D eigenvalue weighted by Crippen LogP contribution is 2.30. The molecule has 2 aliphatic rings. The molecule has 1 heterocycles. The molecule has 1 aliphatic carbocycles. The minimum Gasteiger partial charge on any atom is -0.488 e. The van der Waals surface area contributed by atoms with Crippen LogP contribution in [0.25, 0.3) is 0 Å². The van der Waals surface area contributed by atoms with Crippen molar-refractivity contribution in [2.75, 3.05) is 13.2 Å². The van der Waals surface area contributed by atoms with E-state index in [1.165, 1.54) is 0 Å². The Morgan fingerprint density at radius 2 is 2.03 bits per heavy atom. The molecule has 1 aromatic rings. The topological polar surface area (TPSA) is 70.7 Å². The lowest BCUT2D eigenvalue weighted by molar-refractivity contribution is -0.141. The lowest BCUT2D eigenvalue weighted by atomic mass is 9.92. The van der Waals surface area contributed by atoms with Gasteiger partial charge in [-0.1, -0.05) is 56.3 Å². The van der Waals surface area contributed by atoms with E-state index in [-0.39, 0.29) is 30.5 Å². The van der Waals surface area contributed by atoms with Gasteiger partial charge >= 0.3 is 0 Å². The third-order valence-electron chi connectivity index (χ3n) is 5.96. The summed E-state index contributed by atoms with van der Waals surface area (Å²) in [5.41, 5.74) is 1.92. The lowest BCUT2D eigenvalue weighted by Crippen LogP contribution is -2.52. The number of nitrogens with zero attached hydrogens (tertiary/aromatic N) is 1. The Morgan fingerprint density at radius 1 is 1.26 bits per heavy atom. The van der Waals surface area contributed by atoms with E-state index in [0.29, 0.717) is 19.4 Å². The summed E-state index contributed by atoms with van der Waals surface area (Å²) in [6.07, 6.45) is 7.30. The molecule has 6 nitrogen and oxygen atoms in total. The number of carbonyl (C=O) groups is 2. The fourth-order valence-electron chi connectivity index (χ4n) is 4.13. The Morgan fingerprint density at radius 3 is 2.74 bits per heavy atom. The van der Waals surface area contributed by atoms with Gasteiger partial charge in [-0.05, 0) is 43.9 Å². The predicted octanol–water partition coefficient (Wildman–Crippen LogP) is 3.30. The number of nitrogens with one attached hydrogen (secondary N) is 2. The van der Waals surface area contributed by atoms with Crippen LogP contribution in [0, 0.1) is 0 Å². The monoisotopic (exact) mass is 425 g/mol. The van der Waals surface area contributed by atoms with E-state index in [4.69, 9.17) is 4.74 Å². The molecule has 3 unspecified atom stereocenters. The van der Waals surface area contributed by atoms with Crippen LogP contribution in [0.2, 0.25) is 0 Å². The first kappa shape index (κ1) is 23.1. The molecule has 0 saturated heterocycles. The second kappa shape index (κ2) is 11.1. The third kappa shape index (κ3) is 5.97. The SMILES string of the molecule is CCNC1/C=C\CCC2=C(C1)OCC(=O)N(Cc1ccccc1)C2C(=O)NC(C)CC. The fraction of sp³-hybridized carbons (Fsp3) is 0.520. The Hall–Kier alpha value is -2.60. The number of allylic oxidation sites excluding steroid dienone is 1. The van der Waals surface area contributed by atoms with Crippen LogP contribution in [0.5, 0.6) is 0 Å². The van der Waals surface area contributed by atoms with Gasteiger partial charge in [-0.3, -0.25) is 9.59 Å². The molecule has 0 radical (unpaired) electrons. The van der Waals surface area contributed by atoms with E-state index in [2.05, 4.69) is 29.7 Å². The highest BCUT2D eigenvalue weighted by atomic mass is 16.5. The standard InChI is InChI=1S/C25H35N3O3/c1-4-18(3)27-25(30)24-21-14-10-9-13-20(26-5-2)15-22(21)31-17-23(29)28(24)16-19-11-7-6-8-12-19/h6-9,11-13,18,20,24,26H,4-5,10,14-17H2,1-3H3,(H,27,30)/b13-9-. The van der Waals surface area contributed by atoms with Crippen molar-refractivity contribution in [2.24, 2.45) is 0 Å². The van der Waals surface area contributed by atoms with Crippen LogP contribution in [0.4, 0.5) is 0 Å². The predicted molar refractivity (Wildman–Crippen MR) is 122 cm³/mol. The van der Waals surface area contributed by atoms with E-state index < -0.39 is 6.04 Å². The molecule has 6 heteroatoms. The molecule has 0 fully saturated rings. The molecule has 0 bridgehead atoms. The van der Waals surface area contributed by atoms with Crippen molar-refractivity contribution in [2.45, 2.75) is 71.1 Å². The summed E-state index contributed by atoms with van der Waals surface area (Å²) in [7, 11) is 0. The summed E-state index contributed by atoms with van der Waals surface area (Å²) in [6, 6.07) is 9.34. The van der Waals surface area contributed by atoms with Crippen LogP contribution in [0.3, 0.4) is 0 Å². The molecule has 168 valence electrons. The second-order valence-electron chi connectivity index (χ2n) is 8.30. The van der Waals surface area contributed by atoms with Gasteiger partial charge in [-0.2, -0.15) is 0 Å². The Balaban J connectivity index is 2.00. The Bertz CT molecular complexity index is 819. The average Bonchev–Trinajstić information content (AvgIpc) is 2.87. The van der Waals surface area contributed by atoms with Crippen molar-refractivity contribution in [3.63, 3.8) is 0 Å². The van der Waals surface area contributed by atoms with Gasteiger partial charge < -0.3 is 20.3 Å². The molecule has 2 N–H and O–H groups in total. The molecule has 0 spiro atoms. The van der Waals surface area contributed by atoms with E-state index in [1.54, 1.807) is 4.90 Å². The maximum atomic E-state index is 13.5. The Kier molecular flexibility index (Phi) is 8.29. The average molecular weight is 426 g/mol. The Labute approximate surface area is 185 Å².